The van der Waals surface area contributed by atoms with E-state index in [1.807, 2.05) is 0 Å². The monoisotopic (exact) mass is 313 g/mol. The number of carbonyl (C=O) groups excluding carboxylic acids is 1. The Hall–Kier alpha value is -1.31. The Morgan fingerprint density at radius 2 is 2.25 bits per heavy atom. The van der Waals surface area contributed by atoms with E-state index in [-0.39, 0.29) is 12.7 Å². The third-order valence-electron chi connectivity index (χ3n) is 2.76. The maximum Gasteiger partial charge on any atom is 0.263 e. The zero-order chi connectivity index (χ0) is 14.5. The molecule has 1 aromatic carbocycles. The lowest BCUT2D eigenvalue weighted by molar-refractivity contribution is 0.0496. The fourth-order valence-electron chi connectivity index (χ4n) is 1.77. The predicted molar refractivity (Wildman–Crippen MR) is 81.6 cm³/mol. The minimum atomic E-state index is -0.159. The zero-order valence-corrected chi connectivity index (χ0v) is 12.9. The van der Waals surface area contributed by atoms with Gasteiger partial charge in [-0.15, -0.1) is 0 Å². The van der Waals surface area contributed by atoms with Gasteiger partial charge in [0.05, 0.1) is 12.7 Å². The molecule has 0 radical (unpaired) electrons. The van der Waals surface area contributed by atoms with Crippen molar-refractivity contribution in [2.75, 3.05) is 33.3 Å². The lowest BCUT2D eigenvalue weighted by Gasteiger charge is -2.17. The third-order valence-corrected chi connectivity index (χ3v) is 4.19. The standard InChI is InChI=1S/C13H15NO4S2/c1-16-8-18-11-7-9(17-2)3-4-10(11)12(15)14-5-6-20-13(14)19/h3-4,7H,5-6,8H2,1-2H3. The molecule has 0 bridgehead atoms. The van der Waals surface area contributed by atoms with Gasteiger partial charge in [0.2, 0.25) is 0 Å². The maximum absolute atomic E-state index is 12.5. The maximum atomic E-state index is 12.5. The van der Waals surface area contributed by atoms with Crippen LogP contribution in [0.15, 0.2) is 18.2 Å². The van der Waals surface area contributed by atoms with Gasteiger partial charge in [-0.2, -0.15) is 0 Å². The summed E-state index contributed by atoms with van der Waals surface area (Å²) >= 11 is 6.68. The number of ether oxygens (including phenoxy) is 3. The van der Waals surface area contributed by atoms with Crippen LogP contribution in [0.25, 0.3) is 0 Å². The van der Waals surface area contributed by atoms with Crippen molar-refractivity contribution in [2.24, 2.45) is 0 Å². The van der Waals surface area contributed by atoms with Gasteiger partial charge in [-0.1, -0.05) is 24.0 Å². The number of thiocarbonyl (C=S) groups is 1. The van der Waals surface area contributed by atoms with E-state index in [0.29, 0.717) is 27.9 Å². The highest BCUT2D eigenvalue weighted by molar-refractivity contribution is 8.23. The molecule has 0 unspecified atom stereocenters. The van der Waals surface area contributed by atoms with E-state index < -0.39 is 0 Å². The van der Waals surface area contributed by atoms with Gasteiger partial charge in [-0.25, -0.2) is 0 Å². The van der Waals surface area contributed by atoms with Crippen LogP contribution in [-0.2, 0) is 4.74 Å². The number of rotatable bonds is 5. The topological polar surface area (TPSA) is 48.0 Å². The normalized spacial score (nSPS) is 14.5. The SMILES string of the molecule is COCOc1cc(OC)ccc1C(=O)N1CCSC1=S. The average molecular weight is 313 g/mol. The summed E-state index contributed by atoms with van der Waals surface area (Å²) in [5, 5.41) is 0. The van der Waals surface area contributed by atoms with E-state index in [0.717, 1.165) is 5.75 Å². The van der Waals surface area contributed by atoms with Crippen LogP contribution in [0.3, 0.4) is 0 Å². The second-order valence-corrected chi connectivity index (χ2v) is 5.71. The van der Waals surface area contributed by atoms with Crippen LogP contribution >= 0.6 is 24.0 Å². The third kappa shape index (κ3) is 3.23. The Balaban J connectivity index is 2.29. The minimum Gasteiger partial charge on any atom is -0.497 e. The van der Waals surface area contributed by atoms with E-state index in [1.165, 1.54) is 18.9 Å². The molecule has 1 heterocycles. The van der Waals surface area contributed by atoms with Gasteiger partial charge in [0.1, 0.15) is 15.8 Å². The minimum absolute atomic E-state index is 0.0621. The number of benzene rings is 1. The molecule has 0 aliphatic carbocycles. The van der Waals surface area contributed by atoms with Gasteiger partial charge >= 0.3 is 0 Å². The van der Waals surface area contributed by atoms with Crippen LogP contribution in [0.4, 0.5) is 0 Å². The van der Waals surface area contributed by atoms with Crippen LogP contribution in [0.1, 0.15) is 10.4 Å². The van der Waals surface area contributed by atoms with Crippen molar-refractivity contribution >= 4 is 34.2 Å². The first-order valence-electron chi connectivity index (χ1n) is 5.95. The average Bonchev–Trinajstić information content (AvgIpc) is 2.90. The van der Waals surface area contributed by atoms with Crippen LogP contribution in [0, 0.1) is 0 Å². The second-order valence-electron chi connectivity index (χ2n) is 3.98. The molecular weight excluding hydrogens is 298 g/mol. The fourth-order valence-corrected chi connectivity index (χ4v) is 2.97. The molecule has 7 heteroatoms. The summed E-state index contributed by atoms with van der Waals surface area (Å²) in [5.41, 5.74) is 0.452. The fraction of sp³-hybridized carbons (Fsp3) is 0.385. The molecule has 1 fully saturated rings. The highest BCUT2D eigenvalue weighted by Gasteiger charge is 2.27. The number of amides is 1. The second kappa shape index (κ2) is 6.92. The van der Waals surface area contributed by atoms with Gasteiger partial charge in [0.25, 0.3) is 5.91 Å². The first-order valence-corrected chi connectivity index (χ1v) is 7.35. The number of hydrogen-bond acceptors (Lipinski definition) is 6. The van der Waals surface area contributed by atoms with E-state index >= 15 is 0 Å². The van der Waals surface area contributed by atoms with E-state index in [9.17, 15) is 4.79 Å². The Labute approximate surface area is 127 Å². The Morgan fingerprint density at radius 3 is 2.85 bits per heavy atom. The lowest BCUT2D eigenvalue weighted by atomic mass is 10.1. The number of hydrogen-bond donors (Lipinski definition) is 0. The zero-order valence-electron chi connectivity index (χ0n) is 11.3. The Kier molecular flexibility index (Phi) is 5.22. The lowest BCUT2D eigenvalue weighted by Crippen LogP contribution is -2.31. The summed E-state index contributed by atoms with van der Waals surface area (Å²) in [6.45, 7) is 0.685. The van der Waals surface area contributed by atoms with Crippen molar-refractivity contribution in [1.82, 2.24) is 4.90 Å². The van der Waals surface area contributed by atoms with Crippen molar-refractivity contribution in [3.8, 4) is 11.5 Å². The summed E-state index contributed by atoms with van der Waals surface area (Å²) in [5.74, 6) is 1.71. The molecule has 0 spiro atoms. The summed E-state index contributed by atoms with van der Waals surface area (Å²) in [6.07, 6.45) is 0. The van der Waals surface area contributed by atoms with Crippen LogP contribution in [0.5, 0.6) is 11.5 Å². The molecule has 1 aromatic rings. The largest absolute Gasteiger partial charge is 0.497 e. The van der Waals surface area contributed by atoms with Crippen molar-refractivity contribution in [1.29, 1.82) is 0 Å². The molecule has 0 aromatic heterocycles. The summed E-state index contributed by atoms with van der Waals surface area (Å²) in [4.78, 5) is 14.1. The molecule has 1 aliphatic heterocycles. The van der Waals surface area contributed by atoms with Crippen molar-refractivity contribution in [3.63, 3.8) is 0 Å². The summed E-state index contributed by atoms with van der Waals surface area (Å²) < 4.78 is 16.1. The number of nitrogens with zero attached hydrogens (tertiary/aromatic N) is 1. The van der Waals surface area contributed by atoms with Gasteiger partial charge in [0.15, 0.2) is 6.79 Å². The van der Waals surface area contributed by atoms with E-state index in [2.05, 4.69) is 0 Å². The Morgan fingerprint density at radius 1 is 1.45 bits per heavy atom. The molecule has 0 N–H and O–H groups in total. The van der Waals surface area contributed by atoms with E-state index in [4.69, 9.17) is 26.4 Å². The molecule has 0 atom stereocenters. The first kappa shape index (κ1) is 15.1. The molecule has 0 saturated carbocycles. The van der Waals surface area contributed by atoms with Crippen LogP contribution < -0.4 is 9.47 Å². The molecular formula is C13H15NO4S2. The summed E-state index contributed by atoms with van der Waals surface area (Å²) in [6, 6.07) is 5.06. The first-order chi connectivity index (χ1) is 9.67. The van der Waals surface area contributed by atoms with Crippen LogP contribution in [-0.4, -0.2) is 48.4 Å². The van der Waals surface area contributed by atoms with Crippen molar-refractivity contribution in [3.05, 3.63) is 23.8 Å². The van der Waals surface area contributed by atoms with Gasteiger partial charge in [-0.05, 0) is 12.1 Å². The molecule has 2 rings (SSSR count). The van der Waals surface area contributed by atoms with Crippen LogP contribution in [0.2, 0.25) is 0 Å². The number of carbonyl (C=O) groups is 1. The molecule has 20 heavy (non-hydrogen) atoms. The highest BCUT2D eigenvalue weighted by Crippen LogP contribution is 2.28. The number of methoxy groups -OCH3 is 2. The summed E-state index contributed by atoms with van der Waals surface area (Å²) in [7, 11) is 3.08. The molecule has 1 saturated heterocycles. The molecule has 1 amide bonds. The van der Waals surface area contributed by atoms with E-state index in [1.54, 1.807) is 30.2 Å². The van der Waals surface area contributed by atoms with Crippen molar-refractivity contribution < 1.29 is 19.0 Å². The quantitative estimate of drug-likeness (QED) is 0.613. The molecule has 1 aliphatic rings. The molecule has 108 valence electrons. The molecule has 5 nitrogen and oxygen atoms in total. The van der Waals surface area contributed by atoms with Gasteiger partial charge in [-0.3, -0.25) is 9.69 Å². The van der Waals surface area contributed by atoms with Gasteiger partial charge < -0.3 is 14.2 Å². The smallest absolute Gasteiger partial charge is 0.263 e. The van der Waals surface area contributed by atoms with Gasteiger partial charge in [0, 0.05) is 25.5 Å². The highest BCUT2D eigenvalue weighted by atomic mass is 32.2. The van der Waals surface area contributed by atoms with Crippen molar-refractivity contribution in [2.45, 2.75) is 0 Å². The number of thioether (sulfide) groups is 1. The Bertz CT molecular complexity index is 521. The predicted octanol–water partition coefficient (Wildman–Crippen LogP) is 2.15.